The number of halogens is 1. The zero-order valence-corrected chi connectivity index (χ0v) is 10.9. The zero-order chi connectivity index (χ0) is 12.3. The number of nitrogens with zero attached hydrogens (tertiary/aromatic N) is 1. The van der Waals surface area contributed by atoms with Crippen LogP contribution in [0.3, 0.4) is 0 Å². The summed E-state index contributed by atoms with van der Waals surface area (Å²) in [6.45, 7) is 2.71. The van der Waals surface area contributed by atoms with Crippen molar-refractivity contribution in [2.45, 2.75) is 13.5 Å². The first-order valence-electron chi connectivity index (χ1n) is 5.17. The molecule has 0 aliphatic carbocycles. The highest BCUT2D eigenvalue weighted by Gasteiger charge is 2.04. The van der Waals surface area contributed by atoms with Crippen LogP contribution in [0.25, 0.3) is 0 Å². The molecule has 1 N–H and O–H groups in total. The quantitative estimate of drug-likeness (QED) is 0.900. The first-order valence-corrected chi connectivity index (χ1v) is 6.43. The number of anilines is 1. The molecule has 2 aromatic rings. The molecule has 1 aromatic carbocycles. The van der Waals surface area contributed by atoms with Gasteiger partial charge in [-0.2, -0.15) is 5.26 Å². The Morgan fingerprint density at radius 2 is 2.29 bits per heavy atom. The van der Waals surface area contributed by atoms with E-state index in [9.17, 15) is 0 Å². The Kier molecular flexibility index (Phi) is 3.68. The van der Waals surface area contributed by atoms with Gasteiger partial charge in [-0.05, 0) is 24.6 Å². The van der Waals surface area contributed by atoms with Crippen LogP contribution in [0, 0.1) is 18.3 Å². The van der Waals surface area contributed by atoms with Crippen LogP contribution in [0.2, 0.25) is 5.02 Å². The second-order valence-electron chi connectivity index (χ2n) is 3.70. The van der Waals surface area contributed by atoms with Crippen LogP contribution >= 0.6 is 22.9 Å². The van der Waals surface area contributed by atoms with E-state index in [2.05, 4.69) is 11.4 Å². The van der Waals surface area contributed by atoms with E-state index >= 15 is 0 Å². The molecule has 17 heavy (non-hydrogen) atoms. The summed E-state index contributed by atoms with van der Waals surface area (Å²) in [5, 5.41) is 14.6. The van der Waals surface area contributed by atoms with Crippen LogP contribution in [0.15, 0.2) is 29.6 Å². The Morgan fingerprint density at radius 3 is 2.94 bits per heavy atom. The molecule has 4 heteroatoms. The van der Waals surface area contributed by atoms with Crippen LogP contribution in [-0.2, 0) is 6.54 Å². The average Bonchev–Trinajstić information content (AvgIpc) is 2.76. The van der Waals surface area contributed by atoms with Gasteiger partial charge in [0.05, 0.1) is 16.3 Å². The third-order valence-corrected chi connectivity index (χ3v) is 3.70. The van der Waals surface area contributed by atoms with Crippen molar-refractivity contribution in [3.05, 3.63) is 50.7 Å². The number of hydrogen-bond acceptors (Lipinski definition) is 3. The van der Waals surface area contributed by atoms with Crippen molar-refractivity contribution in [1.82, 2.24) is 0 Å². The molecule has 0 radical (unpaired) electrons. The van der Waals surface area contributed by atoms with Crippen molar-refractivity contribution >= 4 is 28.6 Å². The zero-order valence-electron chi connectivity index (χ0n) is 9.33. The minimum Gasteiger partial charge on any atom is -0.379 e. The molecule has 2 rings (SSSR count). The maximum atomic E-state index is 8.74. The molecule has 0 fully saturated rings. The predicted octanol–water partition coefficient (Wildman–Crippen LogP) is 4.19. The number of rotatable bonds is 3. The number of nitriles is 1. The normalized spacial score (nSPS) is 9.94. The summed E-state index contributed by atoms with van der Waals surface area (Å²) in [7, 11) is 0. The van der Waals surface area contributed by atoms with E-state index in [0.29, 0.717) is 12.1 Å². The van der Waals surface area contributed by atoms with Crippen molar-refractivity contribution in [2.24, 2.45) is 0 Å². The monoisotopic (exact) mass is 262 g/mol. The lowest BCUT2D eigenvalue weighted by Gasteiger charge is -2.10. The van der Waals surface area contributed by atoms with E-state index in [-0.39, 0.29) is 0 Å². The Labute approximate surface area is 109 Å². The van der Waals surface area contributed by atoms with Gasteiger partial charge in [0.15, 0.2) is 0 Å². The number of hydrogen-bond donors (Lipinski definition) is 1. The van der Waals surface area contributed by atoms with Crippen molar-refractivity contribution in [3.63, 3.8) is 0 Å². The van der Waals surface area contributed by atoms with Gasteiger partial charge in [0, 0.05) is 16.8 Å². The number of thiophene rings is 1. The van der Waals surface area contributed by atoms with E-state index in [1.54, 1.807) is 11.3 Å². The topological polar surface area (TPSA) is 35.8 Å². The molecular weight excluding hydrogens is 252 g/mol. The third kappa shape index (κ3) is 2.79. The van der Waals surface area contributed by atoms with E-state index in [4.69, 9.17) is 16.9 Å². The fourth-order valence-corrected chi connectivity index (χ4v) is 2.60. The first-order chi connectivity index (χ1) is 8.20. The van der Waals surface area contributed by atoms with Gasteiger partial charge < -0.3 is 5.32 Å². The van der Waals surface area contributed by atoms with E-state index < -0.39 is 0 Å². The molecule has 0 saturated carbocycles. The minimum absolute atomic E-state index is 0.691. The fraction of sp³-hybridized carbons (Fsp3) is 0.154. The standard InChI is InChI=1S/C13H11ClN2S/c1-9-3-2-4-12(14)13(9)16-7-11-5-10(6-15)8-17-11/h2-5,8,16H,7H2,1H3. The average molecular weight is 263 g/mol. The predicted molar refractivity (Wildman–Crippen MR) is 72.5 cm³/mol. The Hall–Kier alpha value is -1.50. The van der Waals surface area contributed by atoms with Crippen molar-refractivity contribution < 1.29 is 0 Å². The van der Waals surface area contributed by atoms with Gasteiger partial charge in [-0.3, -0.25) is 0 Å². The maximum Gasteiger partial charge on any atom is 0.100 e. The van der Waals surface area contributed by atoms with Crippen molar-refractivity contribution in [1.29, 1.82) is 5.26 Å². The molecule has 0 aliphatic heterocycles. The number of aryl methyl sites for hydroxylation is 1. The lowest BCUT2D eigenvalue weighted by atomic mass is 10.2. The van der Waals surface area contributed by atoms with E-state index in [0.717, 1.165) is 21.2 Å². The van der Waals surface area contributed by atoms with Crippen LogP contribution in [-0.4, -0.2) is 0 Å². The number of para-hydroxylation sites is 1. The SMILES string of the molecule is Cc1cccc(Cl)c1NCc1cc(C#N)cs1. The molecule has 2 nitrogen and oxygen atoms in total. The first kappa shape index (κ1) is 12.0. The molecule has 1 heterocycles. The van der Waals surface area contributed by atoms with Gasteiger partial charge in [-0.15, -0.1) is 11.3 Å². The molecule has 0 atom stereocenters. The smallest absolute Gasteiger partial charge is 0.100 e. The lowest BCUT2D eigenvalue weighted by Crippen LogP contribution is -1.99. The molecular formula is C13H11ClN2S. The van der Waals surface area contributed by atoms with Gasteiger partial charge in [-0.1, -0.05) is 23.7 Å². The minimum atomic E-state index is 0.691. The summed E-state index contributed by atoms with van der Waals surface area (Å²) in [6, 6.07) is 9.83. The maximum absolute atomic E-state index is 8.74. The Morgan fingerprint density at radius 1 is 1.47 bits per heavy atom. The van der Waals surface area contributed by atoms with Gasteiger partial charge in [0.1, 0.15) is 6.07 Å². The second kappa shape index (κ2) is 5.22. The van der Waals surface area contributed by atoms with Gasteiger partial charge in [0.2, 0.25) is 0 Å². The summed E-state index contributed by atoms with van der Waals surface area (Å²) in [5.74, 6) is 0. The van der Waals surface area contributed by atoms with Crippen molar-refractivity contribution in [3.8, 4) is 6.07 Å². The van der Waals surface area contributed by atoms with E-state index in [1.165, 1.54) is 0 Å². The van der Waals surface area contributed by atoms with Crippen LogP contribution in [0.5, 0.6) is 0 Å². The summed E-state index contributed by atoms with van der Waals surface area (Å²) in [5.41, 5.74) is 2.79. The molecule has 0 saturated heterocycles. The van der Waals surface area contributed by atoms with Gasteiger partial charge >= 0.3 is 0 Å². The highest BCUT2D eigenvalue weighted by Crippen LogP contribution is 2.26. The fourth-order valence-electron chi connectivity index (χ4n) is 1.56. The second-order valence-corrected chi connectivity index (χ2v) is 5.10. The summed E-state index contributed by atoms with van der Waals surface area (Å²) >= 11 is 7.69. The summed E-state index contributed by atoms with van der Waals surface area (Å²) in [4.78, 5) is 1.13. The Bertz CT molecular complexity index is 549. The highest BCUT2D eigenvalue weighted by molar-refractivity contribution is 7.10. The number of nitrogens with one attached hydrogen (secondary N) is 1. The van der Waals surface area contributed by atoms with Crippen molar-refractivity contribution in [2.75, 3.05) is 5.32 Å². The lowest BCUT2D eigenvalue weighted by molar-refractivity contribution is 1.18. The molecule has 86 valence electrons. The largest absolute Gasteiger partial charge is 0.379 e. The highest BCUT2D eigenvalue weighted by atomic mass is 35.5. The van der Waals surface area contributed by atoms with E-state index in [1.807, 2.05) is 36.6 Å². The molecule has 0 bridgehead atoms. The summed E-state index contributed by atoms with van der Waals surface area (Å²) in [6.07, 6.45) is 0. The van der Waals surface area contributed by atoms with Crippen LogP contribution in [0.4, 0.5) is 5.69 Å². The van der Waals surface area contributed by atoms with Crippen LogP contribution < -0.4 is 5.32 Å². The summed E-state index contributed by atoms with van der Waals surface area (Å²) < 4.78 is 0. The molecule has 0 unspecified atom stereocenters. The van der Waals surface area contributed by atoms with Gasteiger partial charge in [0.25, 0.3) is 0 Å². The molecule has 0 amide bonds. The van der Waals surface area contributed by atoms with Gasteiger partial charge in [-0.25, -0.2) is 0 Å². The van der Waals surface area contributed by atoms with Crippen LogP contribution in [0.1, 0.15) is 16.0 Å². The third-order valence-electron chi connectivity index (χ3n) is 2.44. The molecule has 1 aromatic heterocycles. The molecule has 0 aliphatic rings. The molecule has 0 spiro atoms. The Balaban J connectivity index is 2.10. The number of benzene rings is 1.